The Hall–Kier alpha value is -1.60. The summed E-state index contributed by atoms with van der Waals surface area (Å²) in [6.07, 6.45) is 63.7. The number of aliphatic hydroxyl groups is 5. The van der Waals surface area contributed by atoms with Crippen molar-refractivity contribution in [3.63, 3.8) is 0 Å². The lowest BCUT2D eigenvalue weighted by molar-refractivity contribution is -0.302. The first-order valence-electron chi connectivity index (χ1n) is 35.5. The third kappa shape index (κ3) is 49.2. The number of aliphatic hydroxyl groups excluding tert-OH is 5. The lowest BCUT2D eigenvalue weighted by atomic mass is 9.99. The smallest absolute Gasteiger partial charge is 0.305 e. The number of carbonyl (C=O) groups is 2. The molecule has 0 saturated carbocycles. The standard InChI is InChI=1S/C70H135NO10/c1-3-5-7-9-11-13-14-15-35-38-42-46-50-54-58-66(75)79-59-55-51-47-43-39-36-33-31-29-27-25-23-21-19-17-16-18-20-22-24-26-28-30-32-34-37-41-45-49-53-57-65(74)71-62(63(73)56-52-48-44-40-12-10-8-6-4-2)61-80-70-69(78)68(77)67(76)64(60-72)81-70/h52,56,62-64,67-70,72-73,76-78H,3-51,53-55,57-61H2,1-2H3,(H,71,74)/b56-52+. The Kier molecular flexibility index (Phi) is 57.4. The molecule has 7 atom stereocenters. The van der Waals surface area contributed by atoms with Crippen LogP contribution in [0.1, 0.15) is 361 Å². The lowest BCUT2D eigenvalue weighted by Gasteiger charge is -2.40. The molecule has 1 aliphatic rings. The molecule has 1 amide bonds. The quantitative estimate of drug-likeness (QED) is 0.0195. The number of hydrogen-bond acceptors (Lipinski definition) is 10. The Balaban J connectivity index is 1.89. The highest BCUT2D eigenvalue weighted by atomic mass is 16.7. The van der Waals surface area contributed by atoms with Gasteiger partial charge in [0, 0.05) is 12.8 Å². The van der Waals surface area contributed by atoms with Gasteiger partial charge < -0.3 is 45.1 Å². The first kappa shape index (κ1) is 77.4. The highest BCUT2D eigenvalue weighted by molar-refractivity contribution is 5.76. The maximum absolute atomic E-state index is 13.0. The lowest BCUT2D eigenvalue weighted by Crippen LogP contribution is -2.60. The van der Waals surface area contributed by atoms with Gasteiger partial charge in [0.1, 0.15) is 24.4 Å². The van der Waals surface area contributed by atoms with E-state index in [1.807, 2.05) is 6.08 Å². The minimum atomic E-state index is -1.57. The van der Waals surface area contributed by atoms with Crippen molar-refractivity contribution in [2.75, 3.05) is 19.8 Å². The van der Waals surface area contributed by atoms with Gasteiger partial charge in [-0.2, -0.15) is 0 Å². The van der Waals surface area contributed by atoms with E-state index in [9.17, 15) is 35.1 Å². The number of ether oxygens (including phenoxy) is 3. The fourth-order valence-electron chi connectivity index (χ4n) is 11.6. The topological polar surface area (TPSA) is 175 Å². The summed E-state index contributed by atoms with van der Waals surface area (Å²) in [6, 6.07) is -0.804. The maximum atomic E-state index is 13.0. The van der Waals surface area contributed by atoms with E-state index in [1.165, 1.54) is 283 Å². The number of allylic oxidation sites excluding steroid dienone is 1. The fraction of sp³-hybridized carbons (Fsp3) is 0.943. The Morgan fingerprint density at radius 2 is 0.778 bits per heavy atom. The molecule has 0 aromatic heterocycles. The van der Waals surface area contributed by atoms with Crippen molar-refractivity contribution >= 4 is 11.9 Å². The van der Waals surface area contributed by atoms with Gasteiger partial charge in [0.25, 0.3) is 0 Å². The van der Waals surface area contributed by atoms with Gasteiger partial charge >= 0.3 is 5.97 Å². The van der Waals surface area contributed by atoms with E-state index in [0.717, 1.165) is 51.4 Å². The number of unbranched alkanes of at least 4 members (excludes halogenated alkanes) is 49. The van der Waals surface area contributed by atoms with Crippen LogP contribution in [0.5, 0.6) is 0 Å². The minimum Gasteiger partial charge on any atom is -0.466 e. The van der Waals surface area contributed by atoms with Gasteiger partial charge in [-0.1, -0.05) is 328 Å². The van der Waals surface area contributed by atoms with E-state index in [4.69, 9.17) is 14.2 Å². The molecule has 11 nitrogen and oxygen atoms in total. The van der Waals surface area contributed by atoms with Crippen LogP contribution in [0.4, 0.5) is 0 Å². The van der Waals surface area contributed by atoms with Crippen molar-refractivity contribution < 1.29 is 49.3 Å². The van der Waals surface area contributed by atoms with Crippen LogP contribution in [0.25, 0.3) is 0 Å². The molecule has 0 spiro atoms. The molecule has 7 unspecified atom stereocenters. The molecule has 1 heterocycles. The third-order valence-corrected chi connectivity index (χ3v) is 17.2. The predicted molar refractivity (Wildman–Crippen MR) is 338 cm³/mol. The normalized spacial score (nSPS) is 18.2. The second kappa shape index (κ2) is 60.1. The average molecular weight is 1150 g/mol. The summed E-state index contributed by atoms with van der Waals surface area (Å²) < 4.78 is 16.7. The SMILES string of the molecule is CCCCCCCCC/C=C/C(O)C(COC1OC(CO)C(O)C(O)C1O)NC(=O)CCCCCCCCCCCCCCCCCCCCCCCCCCCCCCCCOC(=O)CCCCCCCCCCCCCCCC. The molecule has 1 rings (SSSR count). The monoisotopic (exact) mass is 1150 g/mol. The summed E-state index contributed by atoms with van der Waals surface area (Å²) >= 11 is 0. The Bertz CT molecular complexity index is 1350. The predicted octanol–water partition coefficient (Wildman–Crippen LogP) is 17.9. The molecular formula is C70H135NO10. The van der Waals surface area contributed by atoms with Crippen LogP contribution in [-0.2, 0) is 23.8 Å². The van der Waals surface area contributed by atoms with Gasteiger partial charge in [-0.3, -0.25) is 9.59 Å². The summed E-state index contributed by atoms with van der Waals surface area (Å²) in [5.74, 6) is -0.163. The number of nitrogens with one attached hydrogen (secondary N) is 1. The molecule has 0 aromatic carbocycles. The van der Waals surface area contributed by atoms with Gasteiger partial charge in [0.15, 0.2) is 6.29 Å². The number of rotatable bonds is 63. The van der Waals surface area contributed by atoms with E-state index in [-0.39, 0.29) is 18.5 Å². The van der Waals surface area contributed by atoms with Crippen LogP contribution in [-0.4, -0.2) is 100 Å². The highest BCUT2D eigenvalue weighted by Gasteiger charge is 2.44. The van der Waals surface area contributed by atoms with Gasteiger partial charge in [-0.05, 0) is 32.1 Å². The van der Waals surface area contributed by atoms with Gasteiger partial charge in [0.2, 0.25) is 5.91 Å². The van der Waals surface area contributed by atoms with Crippen LogP contribution in [0.3, 0.4) is 0 Å². The number of amides is 1. The highest BCUT2D eigenvalue weighted by Crippen LogP contribution is 2.23. The molecule has 0 aliphatic carbocycles. The molecule has 1 saturated heterocycles. The summed E-state index contributed by atoms with van der Waals surface area (Å²) in [5.41, 5.74) is 0. The largest absolute Gasteiger partial charge is 0.466 e. The molecule has 81 heavy (non-hydrogen) atoms. The van der Waals surface area contributed by atoms with Crippen molar-refractivity contribution in [2.24, 2.45) is 0 Å². The molecule has 480 valence electrons. The molecule has 1 aliphatic heterocycles. The molecular weight excluding hydrogens is 1010 g/mol. The summed E-state index contributed by atoms with van der Waals surface area (Å²) in [4.78, 5) is 25.1. The minimum absolute atomic E-state index is 0.0148. The zero-order valence-electron chi connectivity index (χ0n) is 53.3. The molecule has 0 radical (unpaired) electrons. The van der Waals surface area contributed by atoms with Crippen molar-refractivity contribution in [1.82, 2.24) is 5.32 Å². The molecule has 6 N–H and O–H groups in total. The van der Waals surface area contributed by atoms with E-state index < -0.39 is 49.5 Å². The Morgan fingerprint density at radius 1 is 0.444 bits per heavy atom. The van der Waals surface area contributed by atoms with Crippen molar-refractivity contribution in [3.8, 4) is 0 Å². The van der Waals surface area contributed by atoms with Crippen molar-refractivity contribution in [2.45, 2.75) is 403 Å². The average Bonchev–Trinajstić information content (AvgIpc) is 3.50. The second-order valence-corrected chi connectivity index (χ2v) is 25.0. The summed E-state index contributed by atoms with van der Waals surface area (Å²) in [6.45, 7) is 4.36. The Labute approximate surface area is 499 Å². The van der Waals surface area contributed by atoms with Crippen LogP contribution in [0.15, 0.2) is 12.2 Å². The number of carbonyl (C=O) groups excluding carboxylic acids is 2. The van der Waals surface area contributed by atoms with Gasteiger partial charge in [-0.25, -0.2) is 0 Å². The van der Waals surface area contributed by atoms with E-state index >= 15 is 0 Å². The maximum Gasteiger partial charge on any atom is 0.305 e. The van der Waals surface area contributed by atoms with Gasteiger partial charge in [0.05, 0.1) is 32.0 Å². The molecule has 0 bridgehead atoms. The zero-order valence-corrected chi connectivity index (χ0v) is 53.3. The summed E-state index contributed by atoms with van der Waals surface area (Å²) in [5, 5.41) is 54.3. The van der Waals surface area contributed by atoms with Crippen LogP contribution in [0, 0.1) is 0 Å². The van der Waals surface area contributed by atoms with E-state index in [2.05, 4.69) is 19.2 Å². The molecule has 11 heteroatoms. The first-order valence-corrected chi connectivity index (χ1v) is 35.5. The third-order valence-electron chi connectivity index (χ3n) is 17.2. The van der Waals surface area contributed by atoms with Crippen LogP contribution in [0.2, 0.25) is 0 Å². The molecule has 0 aromatic rings. The van der Waals surface area contributed by atoms with Crippen LogP contribution >= 0.6 is 0 Å². The number of hydrogen-bond donors (Lipinski definition) is 6. The van der Waals surface area contributed by atoms with Crippen molar-refractivity contribution in [3.05, 3.63) is 12.2 Å². The fourth-order valence-corrected chi connectivity index (χ4v) is 11.6. The zero-order chi connectivity index (χ0) is 58.7. The van der Waals surface area contributed by atoms with Crippen LogP contribution < -0.4 is 5.32 Å². The Morgan fingerprint density at radius 3 is 1.15 bits per heavy atom. The van der Waals surface area contributed by atoms with Gasteiger partial charge in [-0.15, -0.1) is 0 Å². The molecule has 1 fully saturated rings. The summed E-state index contributed by atoms with van der Waals surface area (Å²) in [7, 11) is 0. The van der Waals surface area contributed by atoms with Crippen molar-refractivity contribution in [1.29, 1.82) is 0 Å². The van der Waals surface area contributed by atoms with E-state index in [0.29, 0.717) is 19.4 Å². The van der Waals surface area contributed by atoms with E-state index in [1.54, 1.807) is 6.08 Å². The number of esters is 1. The first-order chi connectivity index (χ1) is 39.7. The second-order valence-electron chi connectivity index (χ2n) is 25.0.